The van der Waals surface area contributed by atoms with Crippen molar-refractivity contribution in [1.82, 2.24) is 19.4 Å². The predicted octanol–water partition coefficient (Wildman–Crippen LogP) is 2.66. The van der Waals surface area contributed by atoms with E-state index in [1.165, 1.54) is 12.1 Å². The van der Waals surface area contributed by atoms with Crippen LogP contribution in [0.1, 0.15) is 12.8 Å². The van der Waals surface area contributed by atoms with E-state index < -0.39 is 6.03 Å². The molecule has 30 heavy (non-hydrogen) atoms. The number of hydrogen-bond donors (Lipinski definition) is 2. The van der Waals surface area contributed by atoms with Gasteiger partial charge in [-0.1, -0.05) is 0 Å². The highest BCUT2D eigenvalue weighted by molar-refractivity contribution is 5.88. The number of benzene rings is 1. The van der Waals surface area contributed by atoms with Crippen LogP contribution in [0.3, 0.4) is 0 Å². The third-order valence-electron chi connectivity index (χ3n) is 5.41. The summed E-state index contributed by atoms with van der Waals surface area (Å²) in [5, 5.41) is 2.59. The Morgan fingerprint density at radius 1 is 1.07 bits per heavy atom. The number of anilines is 2. The van der Waals surface area contributed by atoms with Crippen LogP contribution < -0.4 is 16.0 Å². The summed E-state index contributed by atoms with van der Waals surface area (Å²) < 4.78 is 15.0. The molecule has 0 atom stereocenters. The number of carbonyl (C=O) groups excluding carboxylic acids is 1. The van der Waals surface area contributed by atoms with Crippen molar-refractivity contribution in [2.24, 2.45) is 5.73 Å². The van der Waals surface area contributed by atoms with Crippen LogP contribution in [0.4, 0.5) is 20.8 Å². The predicted molar refractivity (Wildman–Crippen MR) is 115 cm³/mol. The Morgan fingerprint density at radius 3 is 2.53 bits per heavy atom. The second-order valence-electron chi connectivity index (χ2n) is 7.43. The highest BCUT2D eigenvalue weighted by atomic mass is 19.1. The number of aryl methyl sites for hydroxylation is 1. The number of nitrogens with zero attached hydrogens (tertiary/aromatic N) is 5. The minimum Gasteiger partial charge on any atom is -0.369 e. The molecule has 0 saturated carbocycles. The molecule has 1 aliphatic rings. The average molecular weight is 411 g/mol. The number of pyridine rings is 1. The lowest BCUT2D eigenvalue weighted by Crippen LogP contribution is -2.46. The molecule has 1 aromatic carbocycles. The minimum absolute atomic E-state index is 0.201. The summed E-state index contributed by atoms with van der Waals surface area (Å²) in [5.41, 5.74) is 7.83. The van der Waals surface area contributed by atoms with Crippen molar-refractivity contribution in [1.29, 1.82) is 0 Å². The van der Waals surface area contributed by atoms with Crippen molar-refractivity contribution >= 4 is 28.8 Å². The Kier molecular flexibility index (Phi) is 6.08. The highest BCUT2D eigenvalue weighted by Gasteiger charge is 2.17. The van der Waals surface area contributed by atoms with Gasteiger partial charge < -0.3 is 10.6 Å². The Balaban J connectivity index is 1.27. The Bertz CT molecular complexity index is 996. The Morgan fingerprint density at radius 2 is 1.80 bits per heavy atom. The minimum atomic E-state index is -0.634. The summed E-state index contributed by atoms with van der Waals surface area (Å²) in [7, 11) is 0. The van der Waals surface area contributed by atoms with Crippen molar-refractivity contribution in [2.75, 3.05) is 42.9 Å². The molecule has 0 bridgehead atoms. The number of nitrogens with two attached hydrogens (primary N) is 1. The first-order valence-corrected chi connectivity index (χ1v) is 10.2. The lowest BCUT2D eigenvalue weighted by molar-refractivity contribution is 0.251. The van der Waals surface area contributed by atoms with Gasteiger partial charge in [0.1, 0.15) is 11.3 Å². The van der Waals surface area contributed by atoms with Gasteiger partial charge in [-0.05, 0) is 55.8 Å². The molecule has 2 amide bonds. The summed E-state index contributed by atoms with van der Waals surface area (Å²) in [5.74, 6) is 0.233. The average Bonchev–Trinajstić information content (AvgIpc) is 3.08. The number of fused-ring (bicyclic) bond motifs is 1. The van der Waals surface area contributed by atoms with Crippen LogP contribution in [-0.2, 0) is 6.54 Å². The lowest BCUT2D eigenvalue weighted by Gasteiger charge is -2.36. The summed E-state index contributed by atoms with van der Waals surface area (Å²) >= 11 is 0. The third-order valence-corrected chi connectivity index (χ3v) is 5.41. The summed E-state index contributed by atoms with van der Waals surface area (Å²) in [4.78, 5) is 24.8. The van der Waals surface area contributed by atoms with Crippen molar-refractivity contribution in [3.63, 3.8) is 0 Å². The van der Waals surface area contributed by atoms with Gasteiger partial charge in [0.25, 0.3) is 0 Å². The van der Waals surface area contributed by atoms with Gasteiger partial charge in [0.15, 0.2) is 5.65 Å². The fourth-order valence-electron chi connectivity index (χ4n) is 3.86. The number of nitrogens with one attached hydrogen (secondary N) is 1. The normalized spacial score (nSPS) is 14.9. The molecule has 0 unspecified atom stereocenters. The topological polar surface area (TPSA) is 92.3 Å². The standard InChI is InChI=1S/C21H26FN7O/c22-16-5-7-17(8-6-16)28-14-12-27(13-15-28)10-1-2-11-29-19-18(4-3-9-24-19)25-21(29)26-20(23)30/h3-9H,1-2,10-15H2,(H3,23,25,26,30). The maximum absolute atomic E-state index is 13.1. The summed E-state index contributed by atoms with van der Waals surface area (Å²) in [6, 6.07) is 9.75. The molecule has 1 fully saturated rings. The quantitative estimate of drug-likeness (QED) is 0.583. The molecule has 9 heteroatoms. The first-order chi connectivity index (χ1) is 14.6. The Labute approximate surface area is 174 Å². The van der Waals surface area contributed by atoms with Gasteiger partial charge in [0, 0.05) is 44.6 Å². The van der Waals surface area contributed by atoms with Gasteiger partial charge in [-0.2, -0.15) is 0 Å². The van der Waals surface area contributed by atoms with Crippen LogP contribution in [0, 0.1) is 5.82 Å². The van der Waals surface area contributed by atoms with Gasteiger partial charge in [-0.15, -0.1) is 0 Å². The number of aromatic nitrogens is 3. The molecule has 158 valence electrons. The lowest BCUT2D eigenvalue weighted by atomic mass is 10.2. The summed E-state index contributed by atoms with van der Waals surface area (Å²) in [6.07, 6.45) is 3.68. The van der Waals surface area contributed by atoms with E-state index in [2.05, 4.69) is 25.1 Å². The number of piperazine rings is 1. The zero-order valence-electron chi connectivity index (χ0n) is 16.8. The smallest absolute Gasteiger partial charge is 0.318 e. The van der Waals surface area contributed by atoms with Gasteiger partial charge >= 0.3 is 6.03 Å². The van der Waals surface area contributed by atoms with E-state index in [1.807, 2.05) is 28.8 Å². The fraction of sp³-hybridized carbons (Fsp3) is 0.381. The zero-order chi connectivity index (χ0) is 20.9. The first kappa shape index (κ1) is 20.1. The van der Waals surface area contributed by atoms with E-state index >= 15 is 0 Å². The van der Waals surface area contributed by atoms with E-state index in [9.17, 15) is 9.18 Å². The van der Waals surface area contributed by atoms with Crippen LogP contribution >= 0.6 is 0 Å². The van der Waals surface area contributed by atoms with Crippen LogP contribution in [-0.4, -0.2) is 58.2 Å². The fourth-order valence-corrected chi connectivity index (χ4v) is 3.86. The molecule has 3 N–H and O–H groups in total. The number of hydrogen-bond acceptors (Lipinski definition) is 5. The molecular formula is C21H26FN7O. The highest BCUT2D eigenvalue weighted by Crippen LogP contribution is 2.19. The van der Waals surface area contributed by atoms with Gasteiger partial charge in [-0.3, -0.25) is 14.8 Å². The zero-order valence-corrected chi connectivity index (χ0v) is 16.8. The van der Waals surface area contributed by atoms with Gasteiger partial charge in [0.05, 0.1) is 0 Å². The molecule has 3 aromatic rings. The third kappa shape index (κ3) is 4.68. The number of imidazole rings is 1. The van der Waals surface area contributed by atoms with Crippen molar-refractivity contribution in [3.8, 4) is 0 Å². The number of primary amides is 1. The number of rotatable bonds is 7. The largest absolute Gasteiger partial charge is 0.369 e. The molecule has 4 rings (SSSR count). The number of halogens is 1. The van der Waals surface area contributed by atoms with E-state index in [-0.39, 0.29) is 5.82 Å². The van der Waals surface area contributed by atoms with E-state index in [1.54, 1.807) is 6.20 Å². The molecule has 3 heterocycles. The maximum Gasteiger partial charge on any atom is 0.318 e. The molecule has 0 spiro atoms. The molecular weight excluding hydrogens is 385 g/mol. The Hall–Kier alpha value is -3.20. The van der Waals surface area contributed by atoms with Gasteiger partial charge in [0.2, 0.25) is 5.95 Å². The van der Waals surface area contributed by atoms with E-state index in [0.29, 0.717) is 12.5 Å². The maximum atomic E-state index is 13.1. The molecule has 2 aromatic heterocycles. The van der Waals surface area contributed by atoms with Crippen molar-refractivity contribution < 1.29 is 9.18 Å². The molecule has 0 aliphatic carbocycles. The van der Waals surface area contributed by atoms with Crippen LogP contribution in [0.25, 0.3) is 11.2 Å². The number of amides is 2. The van der Waals surface area contributed by atoms with E-state index in [0.717, 1.165) is 62.4 Å². The molecule has 8 nitrogen and oxygen atoms in total. The van der Waals surface area contributed by atoms with Crippen LogP contribution in [0.2, 0.25) is 0 Å². The van der Waals surface area contributed by atoms with Crippen LogP contribution in [0.5, 0.6) is 0 Å². The summed E-state index contributed by atoms with van der Waals surface area (Å²) in [6.45, 7) is 5.57. The molecule has 1 aliphatic heterocycles. The second-order valence-corrected chi connectivity index (χ2v) is 7.43. The molecule has 0 radical (unpaired) electrons. The number of urea groups is 1. The van der Waals surface area contributed by atoms with Crippen molar-refractivity contribution in [2.45, 2.75) is 19.4 Å². The number of carbonyl (C=O) groups is 1. The second kappa shape index (κ2) is 9.08. The monoisotopic (exact) mass is 411 g/mol. The number of unbranched alkanes of at least 4 members (excludes halogenated alkanes) is 1. The first-order valence-electron chi connectivity index (χ1n) is 10.2. The van der Waals surface area contributed by atoms with E-state index in [4.69, 9.17) is 5.73 Å². The van der Waals surface area contributed by atoms with Crippen molar-refractivity contribution in [3.05, 3.63) is 48.4 Å². The van der Waals surface area contributed by atoms with Crippen LogP contribution in [0.15, 0.2) is 42.6 Å². The SMILES string of the molecule is NC(=O)Nc1nc2cccnc2n1CCCCN1CCN(c2ccc(F)cc2)CC1. The van der Waals surface area contributed by atoms with Gasteiger partial charge in [-0.25, -0.2) is 19.2 Å². The molecule has 1 saturated heterocycles.